The molecule has 4 heteroatoms. The summed E-state index contributed by atoms with van der Waals surface area (Å²) in [4.78, 5) is 12.1. The fraction of sp³-hybridized carbons (Fsp3) is 0.263. The largest absolute Gasteiger partial charge is 0.494 e. The zero-order chi connectivity index (χ0) is 16.7. The predicted molar refractivity (Wildman–Crippen MR) is 89.0 cm³/mol. The summed E-state index contributed by atoms with van der Waals surface area (Å²) >= 11 is 0. The summed E-state index contributed by atoms with van der Waals surface area (Å²) in [5, 5.41) is 11.8. The minimum atomic E-state index is -0.0991. The summed E-state index contributed by atoms with van der Waals surface area (Å²) in [5.74, 6) is 0.772. The molecule has 0 heterocycles. The van der Waals surface area contributed by atoms with Crippen molar-refractivity contribution in [1.29, 1.82) is 5.26 Å². The van der Waals surface area contributed by atoms with Gasteiger partial charge in [0.05, 0.1) is 30.7 Å². The van der Waals surface area contributed by atoms with Gasteiger partial charge in [0, 0.05) is 0 Å². The molecule has 2 aromatic carbocycles. The second kappa shape index (κ2) is 8.00. The van der Waals surface area contributed by atoms with Gasteiger partial charge in [-0.3, -0.25) is 4.79 Å². The molecule has 1 N–H and O–H groups in total. The molecular formula is C19H20N2O2. The Hall–Kier alpha value is -2.80. The molecule has 1 unspecified atom stereocenters. The molecule has 0 spiro atoms. The molecule has 0 aliphatic rings. The molecule has 0 bridgehead atoms. The number of rotatable bonds is 6. The van der Waals surface area contributed by atoms with Crippen LogP contribution in [0.2, 0.25) is 0 Å². The Morgan fingerprint density at radius 1 is 1.17 bits per heavy atom. The van der Waals surface area contributed by atoms with Gasteiger partial charge in [-0.15, -0.1) is 0 Å². The summed E-state index contributed by atoms with van der Waals surface area (Å²) in [7, 11) is 0. The maximum absolute atomic E-state index is 12.1. The van der Waals surface area contributed by atoms with E-state index < -0.39 is 0 Å². The molecule has 0 aromatic heterocycles. The van der Waals surface area contributed by atoms with Crippen molar-refractivity contribution in [2.75, 3.05) is 6.61 Å². The van der Waals surface area contributed by atoms with E-state index >= 15 is 0 Å². The number of carbonyl (C=O) groups excluding carboxylic acids is 1. The van der Waals surface area contributed by atoms with Crippen molar-refractivity contribution in [3.8, 4) is 11.8 Å². The summed E-state index contributed by atoms with van der Waals surface area (Å²) in [6, 6.07) is 16.8. The van der Waals surface area contributed by atoms with Crippen LogP contribution in [-0.2, 0) is 11.2 Å². The highest BCUT2D eigenvalue weighted by molar-refractivity contribution is 5.79. The molecule has 4 nitrogen and oxygen atoms in total. The Bertz CT molecular complexity index is 685. The Labute approximate surface area is 136 Å². The molecule has 1 amide bonds. The average Bonchev–Trinajstić information content (AvgIpc) is 2.57. The summed E-state index contributed by atoms with van der Waals surface area (Å²) in [5.41, 5.74) is 2.53. The highest BCUT2D eigenvalue weighted by atomic mass is 16.5. The Morgan fingerprint density at radius 3 is 2.39 bits per heavy atom. The maximum atomic E-state index is 12.1. The summed E-state index contributed by atoms with van der Waals surface area (Å²) in [6.45, 7) is 4.49. The van der Waals surface area contributed by atoms with Gasteiger partial charge in [0.25, 0.3) is 0 Å². The van der Waals surface area contributed by atoms with E-state index in [-0.39, 0.29) is 11.9 Å². The second-order valence-corrected chi connectivity index (χ2v) is 5.28. The lowest BCUT2D eigenvalue weighted by atomic mass is 10.1. The van der Waals surface area contributed by atoms with Gasteiger partial charge in [-0.2, -0.15) is 5.26 Å². The monoisotopic (exact) mass is 308 g/mol. The van der Waals surface area contributed by atoms with E-state index in [2.05, 4.69) is 11.4 Å². The van der Waals surface area contributed by atoms with Gasteiger partial charge in [-0.25, -0.2) is 0 Å². The van der Waals surface area contributed by atoms with Gasteiger partial charge in [0.2, 0.25) is 5.91 Å². The molecule has 1 atom stereocenters. The number of nitriles is 1. The third-order valence-electron chi connectivity index (χ3n) is 3.52. The summed E-state index contributed by atoms with van der Waals surface area (Å²) < 4.78 is 5.38. The van der Waals surface area contributed by atoms with Crippen LogP contribution < -0.4 is 10.1 Å². The first-order valence-corrected chi connectivity index (χ1v) is 7.63. The van der Waals surface area contributed by atoms with Gasteiger partial charge >= 0.3 is 0 Å². The Morgan fingerprint density at radius 2 is 1.83 bits per heavy atom. The lowest BCUT2D eigenvalue weighted by Crippen LogP contribution is -2.28. The number of benzene rings is 2. The molecule has 0 saturated carbocycles. The number of ether oxygens (including phenoxy) is 1. The van der Waals surface area contributed by atoms with Crippen molar-refractivity contribution in [3.05, 3.63) is 65.2 Å². The number of hydrogen-bond acceptors (Lipinski definition) is 3. The highest BCUT2D eigenvalue weighted by Gasteiger charge is 2.10. The lowest BCUT2D eigenvalue weighted by Gasteiger charge is -2.14. The van der Waals surface area contributed by atoms with Crippen LogP contribution in [0.15, 0.2) is 48.5 Å². The van der Waals surface area contributed by atoms with E-state index in [1.54, 1.807) is 12.1 Å². The first kappa shape index (κ1) is 16.6. The fourth-order valence-electron chi connectivity index (χ4n) is 2.28. The van der Waals surface area contributed by atoms with E-state index in [9.17, 15) is 4.79 Å². The van der Waals surface area contributed by atoms with Crippen LogP contribution in [0, 0.1) is 11.3 Å². The molecule has 0 aliphatic heterocycles. The zero-order valence-electron chi connectivity index (χ0n) is 13.4. The van der Waals surface area contributed by atoms with Crippen LogP contribution in [0.1, 0.15) is 36.6 Å². The quantitative estimate of drug-likeness (QED) is 0.890. The predicted octanol–water partition coefficient (Wildman–Crippen LogP) is 3.38. The number of carbonyl (C=O) groups is 1. The minimum absolute atomic E-state index is 0.0361. The first-order valence-electron chi connectivity index (χ1n) is 7.63. The van der Waals surface area contributed by atoms with Gasteiger partial charge in [-0.1, -0.05) is 24.3 Å². The molecule has 0 radical (unpaired) electrons. The SMILES string of the molecule is CCOc1ccc(CC(=O)NC(C)c2ccc(C#N)cc2)cc1. The fourth-order valence-corrected chi connectivity index (χ4v) is 2.28. The van der Waals surface area contributed by atoms with Crippen molar-refractivity contribution in [2.24, 2.45) is 0 Å². The number of amides is 1. The number of hydrogen-bond donors (Lipinski definition) is 1. The van der Waals surface area contributed by atoms with Crippen LogP contribution in [0.3, 0.4) is 0 Å². The van der Waals surface area contributed by atoms with E-state index in [0.29, 0.717) is 18.6 Å². The number of nitrogens with one attached hydrogen (secondary N) is 1. The molecule has 23 heavy (non-hydrogen) atoms. The second-order valence-electron chi connectivity index (χ2n) is 5.28. The van der Waals surface area contributed by atoms with Crippen molar-refractivity contribution in [3.63, 3.8) is 0 Å². The minimum Gasteiger partial charge on any atom is -0.494 e. The molecular weight excluding hydrogens is 288 g/mol. The lowest BCUT2D eigenvalue weighted by molar-refractivity contribution is -0.121. The molecule has 2 aromatic rings. The van der Waals surface area contributed by atoms with Crippen molar-refractivity contribution < 1.29 is 9.53 Å². The maximum Gasteiger partial charge on any atom is 0.224 e. The molecule has 2 rings (SSSR count). The topological polar surface area (TPSA) is 62.1 Å². The van der Waals surface area contributed by atoms with Gasteiger partial charge in [0.1, 0.15) is 5.75 Å². The van der Waals surface area contributed by atoms with Crippen LogP contribution in [0.5, 0.6) is 5.75 Å². The van der Waals surface area contributed by atoms with E-state index in [0.717, 1.165) is 16.9 Å². The molecule has 0 saturated heterocycles. The Kier molecular flexibility index (Phi) is 5.76. The van der Waals surface area contributed by atoms with Crippen molar-refractivity contribution in [2.45, 2.75) is 26.3 Å². The van der Waals surface area contributed by atoms with Gasteiger partial charge in [-0.05, 0) is 49.2 Å². The van der Waals surface area contributed by atoms with E-state index in [4.69, 9.17) is 10.00 Å². The molecule has 0 aliphatic carbocycles. The standard InChI is InChI=1S/C19H20N2O2/c1-3-23-18-10-6-15(7-11-18)12-19(22)21-14(2)17-8-4-16(13-20)5-9-17/h4-11,14H,3,12H2,1-2H3,(H,21,22). The summed E-state index contributed by atoms with van der Waals surface area (Å²) in [6.07, 6.45) is 0.326. The van der Waals surface area contributed by atoms with Crippen molar-refractivity contribution >= 4 is 5.91 Å². The van der Waals surface area contributed by atoms with Crippen LogP contribution >= 0.6 is 0 Å². The van der Waals surface area contributed by atoms with E-state index in [1.165, 1.54) is 0 Å². The Balaban J connectivity index is 1.91. The zero-order valence-corrected chi connectivity index (χ0v) is 13.4. The molecule has 0 fully saturated rings. The third kappa shape index (κ3) is 4.86. The highest BCUT2D eigenvalue weighted by Crippen LogP contribution is 2.15. The average molecular weight is 308 g/mol. The van der Waals surface area contributed by atoms with Gasteiger partial charge < -0.3 is 10.1 Å². The third-order valence-corrected chi connectivity index (χ3v) is 3.52. The van der Waals surface area contributed by atoms with Crippen molar-refractivity contribution in [1.82, 2.24) is 5.32 Å². The first-order chi connectivity index (χ1) is 11.1. The van der Waals surface area contributed by atoms with Crippen LogP contribution in [0.4, 0.5) is 0 Å². The van der Waals surface area contributed by atoms with E-state index in [1.807, 2.05) is 50.2 Å². The number of nitrogens with zero attached hydrogens (tertiary/aromatic N) is 1. The normalized spacial score (nSPS) is 11.3. The molecule has 118 valence electrons. The van der Waals surface area contributed by atoms with Crippen LogP contribution in [-0.4, -0.2) is 12.5 Å². The van der Waals surface area contributed by atoms with Crippen LogP contribution in [0.25, 0.3) is 0 Å². The van der Waals surface area contributed by atoms with Gasteiger partial charge in [0.15, 0.2) is 0 Å². The smallest absolute Gasteiger partial charge is 0.224 e.